The van der Waals surface area contributed by atoms with E-state index in [1.165, 1.54) is 5.56 Å². The summed E-state index contributed by atoms with van der Waals surface area (Å²) in [6, 6.07) is 10.3. The maximum Gasteiger partial charge on any atom is 0.0669 e. The van der Waals surface area contributed by atoms with E-state index >= 15 is 0 Å². The van der Waals surface area contributed by atoms with Gasteiger partial charge in [0.05, 0.1) is 12.5 Å². The summed E-state index contributed by atoms with van der Waals surface area (Å²) in [5, 5.41) is 8.43. The number of hydrogen-bond acceptors (Lipinski definition) is 1. The molecular weight excluding hydrogens is 134 g/mol. The van der Waals surface area contributed by atoms with Crippen LogP contribution in [-0.2, 0) is 12.8 Å². The van der Waals surface area contributed by atoms with E-state index in [4.69, 9.17) is 5.26 Å². The molecule has 0 N–H and O–H groups in total. The van der Waals surface area contributed by atoms with Crippen molar-refractivity contribution in [1.29, 1.82) is 5.26 Å². The Hall–Kier alpha value is -1.29. The lowest BCUT2D eigenvalue weighted by Gasteiger charge is -1.97. The topological polar surface area (TPSA) is 23.8 Å². The summed E-state index contributed by atoms with van der Waals surface area (Å²) in [4.78, 5) is 0. The quantitative estimate of drug-likeness (QED) is 0.626. The molecule has 56 valence electrons. The number of hydrogen-bond donors (Lipinski definition) is 0. The fourth-order valence-corrected chi connectivity index (χ4v) is 1.05. The van der Waals surface area contributed by atoms with Crippen molar-refractivity contribution in [2.75, 3.05) is 0 Å². The van der Waals surface area contributed by atoms with Gasteiger partial charge in [0.2, 0.25) is 0 Å². The zero-order valence-electron chi connectivity index (χ0n) is 6.67. The Morgan fingerprint density at radius 3 is 2.73 bits per heavy atom. The predicted octanol–water partition coefficient (Wildman–Crippen LogP) is 2.32. The minimum Gasteiger partial charge on any atom is -0.198 e. The van der Waals surface area contributed by atoms with Crippen LogP contribution in [0, 0.1) is 11.3 Å². The van der Waals surface area contributed by atoms with Crippen molar-refractivity contribution in [3.05, 3.63) is 35.4 Å². The number of aryl methyl sites for hydroxylation is 1. The maximum absolute atomic E-state index is 8.43. The Morgan fingerprint density at radius 1 is 1.36 bits per heavy atom. The Morgan fingerprint density at radius 2 is 2.09 bits per heavy atom. The SMILES string of the molecule is CCc1cccc(CC#N)c1. The molecule has 0 aliphatic carbocycles. The van der Waals surface area contributed by atoms with Crippen LogP contribution in [0.15, 0.2) is 24.3 Å². The highest BCUT2D eigenvalue weighted by Crippen LogP contribution is 2.05. The van der Waals surface area contributed by atoms with Crippen molar-refractivity contribution in [3.8, 4) is 6.07 Å². The molecule has 1 aromatic rings. The van der Waals surface area contributed by atoms with Gasteiger partial charge >= 0.3 is 0 Å². The van der Waals surface area contributed by atoms with E-state index in [9.17, 15) is 0 Å². The Kier molecular flexibility index (Phi) is 2.68. The molecule has 0 radical (unpaired) electrons. The highest BCUT2D eigenvalue weighted by atomic mass is 14.2. The molecule has 1 heteroatoms. The summed E-state index contributed by atoms with van der Waals surface area (Å²) in [5.74, 6) is 0. The molecule has 0 bridgehead atoms. The first-order valence-electron chi connectivity index (χ1n) is 3.81. The van der Waals surface area contributed by atoms with Gasteiger partial charge in [0, 0.05) is 0 Å². The summed E-state index contributed by atoms with van der Waals surface area (Å²) in [7, 11) is 0. The van der Waals surface area contributed by atoms with Crippen molar-refractivity contribution in [1.82, 2.24) is 0 Å². The maximum atomic E-state index is 8.43. The average molecular weight is 145 g/mol. The van der Waals surface area contributed by atoms with Crippen LogP contribution < -0.4 is 0 Å². The molecule has 0 amide bonds. The Bertz CT molecular complexity index is 270. The van der Waals surface area contributed by atoms with E-state index in [0.717, 1.165) is 12.0 Å². The number of nitriles is 1. The van der Waals surface area contributed by atoms with Gasteiger partial charge in [-0.3, -0.25) is 0 Å². The molecule has 0 unspecified atom stereocenters. The van der Waals surface area contributed by atoms with Crippen LogP contribution in [0.5, 0.6) is 0 Å². The molecule has 0 aliphatic heterocycles. The number of benzene rings is 1. The largest absolute Gasteiger partial charge is 0.198 e. The molecule has 1 rings (SSSR count). The zero-order valence-corrected chi connectivity index (χ0v) is 6.67. The van der Waals surface area contributed by atoms with Crippen molar-refractivity contribution in [3.63, 3.8) is 0 Å². The van der Waals surface area contributed by atoms with E-state index in [0.29, 0.717) is 6.42 Å². The van der Waals surface area contributed by atoms with Crippen LogP contribution in [0.25, 0.3) is 0 Å². The molecule has 0 aliphatic rings. The van der Waals surface area contributed by atoms with Gasteiger partial charge in [0.25, 0.3) is 0 Å². The lowest BCUT2D eigenvalue weighted by molar-refractivity contribution is 1.12. The number of nitrogens with zero attached hydrogens (tertiary/aromatic N) is 1. The third kappa shape index (κ3) is 2.09. The highest BCUT2D eigenvalue weighted by molar-refractivity contribution is 5.25. The summed E-state index contributed by atoms with van der Waals surface area (Å²) >= 11 is 0. The molecule has 0 atom stereocenters. The van der Waals surface area contributed by atoms with Gasteiger partial charge in [0.15, 0.2) is 0 Å². The molecule has 0 aromatic heterocycles. The first-order chi connectivity index (χ1) is 5.36. The Labute approximate surface area is 67.3 Å². The van der Waals surface area contributed by atoms with Crippen LogP contribution in [-0.4, -0.2) is 0 Å². The van der Waals surface area contributed by atoms with Gasteiger partial charge in [-0.15, -0.1) is 0 Å². The minimum atomic E-state index is 0.522. The second-order valence-electron chi connectivity index (χ2n) is 2.51. The van der Waals surface area contributed by atoms with Gasteiger partial charge in [-0.25, -0.2) is 0 Å². The molecule has 0 saturated heterocycles. The lowest BCUT2D eigenvalue weighted by atomic mass is 10.1. The fraction of sp³-hybridized carbons (Fsp3) is 0.300. The smallest absolute Gasteiger partial charge is 0.0669 e. The van der Waals surface area contributed by atoms with Crippen molar-refractivity contribution < 1.29 is 0 Å². The van der Waals surface area contributed by atoms with E-state index in [1.54, 1.807) is 0 Å². The molecule has 11 heavy (non-hydrogen) atoms. The first-order valence-corrected chi connectivity index (χ1v) is 3.81. The zero-order chi connectivity index (χ0) is 8.10. The molecular formula is C10H11N. The second-order valence-corrected chi connectivity index (χ2v) is 2.51. The average Bonchev–Trinajstić information content (AvgIpc) is 2.06. The molecule has 0 saturated carbocycles. The van der Waals surface area contributed by atoms with E-state index < -0.39 is 0 Å². The van der Waals surface area contributed by atoms with Gasteiger partial charge in [0.1, 0.15) is 0 Å². The Balaban J connectivity index is 2.84. The number of rotatable bonds is 2. The van der Waals surface area contributed by atoms with Gasteiger partial charge < -0.3 is 0 Å². The van der Waals surface area contributed by atoms with Crippen LogP contribution in [0.1, 0.15) is 18.1 Å². The summed E-state index contributed by atoms with van der Waals surface area (Å²) in [6.45, 7) is 2.12. The fourth-order valence-electron chi connectivity index (χ4n) is 1.05. The first kappa shape index (κ1) is 7.81. The molecule has 0 fully saturated rings. The molecule has 1 aromatic carbocycles. The molecule has 0 heterocycles. The van der Waals surface area contributed by atoms with Crippen LogP contribution in [0.2, 0.25) is 0 Å². The van der Waals surface area contributed by atoms with Crippen molar-refractivity contribution in [2.45, 2.75) is 19.8 Å². The normalized spacial score (nSPS) is 9.09. The summed E-state index contributed by atoms with van der Waals surface area (Å²) in [6.07, 6.45) is 1.56. The van der Waals surface area contributed by atoms with Gasteiger partial charge in [-0.2, -0.15) is 5.26 Å². The third-order valence-corrected chi connectivity index (χ3v) is 1.68. The highest BCUT2D eigenvalue weighted by Gasteiger charge is 1.91. The third-order valence-electron chi connectivity index (χ3n) is 1.68. The van der Waals surface area contributed by atoms with Crippen molar-refractivity contribution in [2.24, 2.45) is 0 Å². The van der Waals surface area contributed by atoms with E-state index in [-0.39, 0.29) is 0 Å². The summed E-state index contributed by atoms with van der Waals surface area (Å²) < 4.78 is 0. The van der Waals surface area contributed by atoms with E-state index in [2.05, 4.69) is 25.1 Å². The monoisotopic (exact) mass is 145 g/mol. The van der Waals surface area contributed by atoms with E-state index in [1.807, 2.05) is 12.1 Å². The van der Waals surface area contributed by atoms with Gasteiger partial charge in [-0.1, -0.05) is 31.2 Å². The minimum absolute atomic E-state index is 0.522. The van der Waals surface area contributed by atoms with Crippen LogP contribution in [0.3, 0.4) is 0 Å². The van der Waals surface area contributed by atoms with Crippen LogP contribution >= 0.6 is 0 Å². The molecule has 1 nitrogen and oxygen atoms in total. The summed E-state index contributed by atoms with van der Waals surface area (Å²) in [5.41, 5.74) is 2.42. The predicted molar refractivity (Wildman–Crippen MR) is 45.1 cm³/mol. The standard InChI is InChI=1S/C10H11N/c1-2-9-4-3-5-10(8-9)6-7-11/h3-5,8H,2,6H2,1H3. The lowest BCUT2D eigenvalue weighted by Crippen LogP contribution is -1.84. The van der Waals surface area contributed by atoms with Crippen LogP contribution in [0.4, 0.5) is 0 Å². The molecule has 0 spiro atoms. The van der Waals surface area contributed by atoms with Crippen molar-refractivity contribution >= 4 is 0 Å². The second kappa shape index (κ2) is 3.78. The van der Waals surface area contributed by atoms with Gasteiger partial charge in [-0.05, 0) is 17.5 Å².